The van der Waals surface area contributed by atoms with Crippen LogP contribution in [0.4, 0.5) is 0 Å². The molecule has 2 aromatic rings. The number of benzene rings is 2. The molecule has 18 heavy (non-hydrogen) atoms. The predicted octanol–water partition coefficient (Wildman–Crippen LogP) is 3.39. The third-order valence-electron chi connectivity index (χ3n) is 2.93. The first-order chi connectivity index (χ1) is 8.83. The van der Waals surface area contributed by atoms with Crippen molar-refractivity contribution in [2.75, 3.05) is 13.2 Å². The number of rotatable bonds is 5. The molecule has 0 bridgehead atoms. The Labute approximate surface area is 108 Å². The molecule has 0 saturated heterocycles. The van der Waals surface area contributed by atoms with Crippen LogP contribution >= 0.6 is 0 Å². The average Bonchev–Trinajstić information content (AvgIpc) is 2.40. The summed E-state index contributed by atoms with van der Waals surface area (Å²) in [6.45, 7) is 3.44. The highest BCUT2D eigenvalue weighted by molar-refractivity contribution is 5.73. The second-order valence-electron chi connectivity index (χ2n) is 4.30. The van der Waals surface area contributed by atoms with Crippen LogP contribution in [0, 0.1) is 6.92 Å². The SMILES string of the molecule is Cc1ccccc1-c1ccccc1OCCCN. The lowest BCUT2D eigenvalue weighted by Crippen LogP contribution is -2.06. The topological polar surface area (TPSA) is 35.2 Å². The number of nitrogens with two attached hydrogens (primary N) is 1. The van der Waals surface area contributed by atoms with Crippen LogP contribution in [0.3, 0.4) is 0 Å². The summed E-state index contributed by atoms with van der Waals surface area (Å²) >= 11 is 0. The summed E-state index contributed by atoms with van der Waals surface area (Å²) in [4.78, 5) is 0. The summed E-state index contributed by atoms with van der Waals surface area (Å²) in [6, 6.07) is 16.5. The van der Waals surface area contributed by atoms with Crippen molar-refractivity contribution in [1.29, 1.82) is 0 Å². The van der Waals surface area contributed by atoms with E-state index in [2.05, 4.69) is 37.3 Å². The molecule has 0 aliphatic carbocycles. The minimum Gasteiger partial charge on any atom is -0.493 e. The quantitative estimate of drug-likeness (QED) is 0.814. The first-order valence-corrected chi connectivity index (χ1v) is 6.31. The van der Waals surface area contributed by atoms with Gasteiger partial charge < -0.3 is 10.5 Å². The Bertz CT molecular complexity index is 508. The molecular weight excluding hydrogens is 222 g/mol. The molecule has 0 aromatic heterocycles. The van der Waals surface area contributed by atoms with Crippen LogP contribution in [0.5, 0.6) is 5.75 Å². The number of hydrogen-bond acceptors (Lipinski definition) is 2. The van der Waals surface area contributed by atoms with E-state index in [1.807, 2.05) is 18.2 Å². The van der Waals surface area contributed by atoms with Crippen molar-refractivity contribution >= 4 is 0 Å². The molecule has 2 heteroatoms. The second-order valence-corrected chi connectivity index (χ2v) is 4.30. The van der Waals surface area contributed by atoms with Gasteiger partial charge in [0, 0.05) is 5.56 Å². The zero-order chi connectivity index (χ0) is 12.8. The lowest BCUT2D eigenvalue weighted by atomic mass is 10.00. The zero-order valence-corrected chi connectivity index (χ0v) is 10.7. The predicted molar refractivity (Wildman–Crippen MR) is 75.8 cm³/mol. The molecule has 2 rings (SSSR count). The van der Waals surface area contributed by atoms with Crippen molar-refractivity contribution in [3.63, 3.8) is 0 Å². The van der Waals surface area contributed by atoms with Crippen LogP contribution < -0.4 is 10.5 Å². The molecule has 94 valence electrons. The van der Waals surface area contributed by atoms with Gasteiger partial charge >= 0.3 is 0 Å². The highest BCUT2D eigenvalue weighted by Gasteiger charge is 2.07. The van der Waals surface area contributed by atoms with Crippen molar-refractivity contribution in [3.8, 4) is 16.9 Å². The molecule has 0 heterocycles. The van der Waals surface area contributed by atoms with Crippen molar-refractivity contribution in [1.82, 2.24) is 0 Å². The Hall–Kier alpha value is -1.80. The Balaban J connectivity index is 2.30. The van der Waals surface area contributed by atoms with Gasteiger partial charge in [0.05, 0.1) is 6.61 Å². The summed E-state index contributed by atoms with van der Waals surface area (Å²) in [7, 11) is 0. The molecule has 0 amide bonds. The lowest BCUT2D eigenvalue weighted by molar-refractivity contribution is 0.314. The summed E-state index contributed by atoms with van der Waals surface area (Å²) in [5, 5.41) is 0. The van der Waals surface area contributed by atoms with Gasteiger partial charge in [0.15, 0.2) is 0 Å². The monoisotopic (exact) mass is 241 g/mol. The molecule has 0 fully saturated rings. The minimum atomic E-state index is 0.659. The molecule has 0 aliphatic heterocycles. The molecular formula is C16H19NO. The van der Waals surface area contributed by atoms with E-state index in [1.54, 1.807) is 0 Å². The third kappa shape index (κ3) is 2.90. The van der Waals surface area contributed by atoms with Gasteiger partial charge in [-0.25, -0.2) is 0 Å². The first kappa shape index (κ1) is 12.7. The van der Waals surface area contributed by atoms with Crippen molar-refractivity contribution in [3.05, 3.63) is 54.1 Å². The van der Waals surface area contributed by atoms with Gasteiger partial charge in [0.25, 0.3) is 0 Å². The van der Waals surface area contributed by atoms with Crippen LogP contribution in [-0.2, 0) is 0 Å². The van der Waals surface area contributed by atoms with Crippen LogP contribution in [0.2, 0.25) is 0 Å². The maximum atomic E-state index is 5.81. The highest BCUT2D eigenvalue weighted by atomic mass is 16.5. The van der Waals surface area contributed by atoms with Gasteiger partial charge in [-0.15, -0.1) is 0 Å². The maximum Gasteiger partial charge on any atom is 0.127 e. The molecule has 0 atom stereocenters. The smallest absolute Gasteiger partial charge is 0.127 e. The van der Waals surface area contributed by atoms with Crippen molar-refractivity contribution < 1.29 is 4.74 Å². The number of ether oxygens (including phenoxy) is 1. The summed E-state index contributed by atoms with van der Waals surface area (Å²) in [6.07, 6.45) is 0.877. The van der Waals surface area contributed by atoms with Crippen LogP contribution in [0.15, 0.2) is 48.5 Å². The molecule has 0 spiro atoms. The van der Waals surface area contributed by atoms with E-state index in [1.165, 1.54) is 11.1 Å². The third-order valence-corrected chi connectivity index (χ3v) is 2.93. The van der Waals surface area contributed by atoms with E-state index in [-0.39, 0.29) is 0 Å². The molecule has 0 radical (unpaired) electrons. The Morgan fingerprint density at radius 3 is 2.33 bits per heavy atom. The highest BCUT2D eigenvalue weighted by Crippen LogP contribution is 2.31. The van der Waals surface area contributed by atoms with Gasteiger partial charge in [0.2, 0.25) is 0 Å². The van der Waals surface area contributed by atoms with Crippen molar-refractivity contribution in [2.24, 2.45) is 5.73 Å². The summed E-state index contributed by atoms with van der Waals surface area (Å²) < 4.78 is 5.81. The molecule has 2 N–H and O–H groups in total. The van der Waals surface area contributed by atoms with Gasteiger partial charge in [0.1, 0.15) is 5.75 Å². The van der Waals surface area contributed by atoms with Gasteiger partial charge in [-0.2, -0.15) is 0 Å². The van der Waals surface area contributed by atoms with Gasteiger partial charge in [-0.1, -0.05) is 42.5 Å². The van der Waals surface area contributed by atoms with Crippen molar-refractivity contribution in [2.45, 2.75) is 13.3 Å². The van der Waals surface area contributed by atoms with Crippen LogP contribution in [0.1, 0.15) is 12.0 Å². The molecule has 2 aromatic carbocycles. The standard InChI is InChI=1S/C16H19NO/c1-13-7-2-3-8-14(13)15-9-4-5-10-16(15)18-12-6-11-17/h2-5,7-10H,6,11-12,17H2,1H3. The Kier molecular flexibility index (Phi) is 4.37. The van der Waals surface area contributed by atoms with Crippen LogP contribution in [0.25, 0.3) is 11.1 Å². The fraction of sp³-hybridized carbons (Fsp3) is 0.250. The van der Waals surface area contributed by atoms with Crippen LogP contribution in [-0.4, -0.2) is 13.2 Å². The average molecular weight is 241 g/mol. The Morgan fingerprint density at radius 1 is 0.944 bits per heavy atom. The molecule has 2 nitrogen and oxygen atoms in total. The summed E-state index contributed by atoms with van der Waals surface area (Å²) in [5.74, 6) is 0.931. The maximum absolute atomic E-state index is 5.81. The second kappa shape index (κ2) is 6.22. The Morgan fingerprint density at radius 2 is 1.61 bits per heavy atom. The molecule has 0 unspecified atom stereocenters. The zero-order valence-electron chi connectivity index (χ0n) is 10.7. The van der Waals surface area contributed by atoms with E-state index >= 15 is 0 Å². The molecule has 0 saturated carbocycles. The van der Waals surface area contributed by atoms with Gasteiger partial charge in [-0.3, -0.25) is 0 Å². The molecule has 0 aliphatic rings. The normalized spacial score (nSPS) is 10.3. The number of hydrogen-bond donors (Lipinski definition) is 1. The summed E-state index contributed by atoms with van der Waals surface area (Å²) in [5.41, 5.74) is 9.11. The van der Waals surface area contributed by atoms with E-state index in [4.69, 9.17) is 10.5 Å². The first-order valence-electron chi connectivity index (χ1n) is 6.31. The lowest BCUT2D eigenvalue weighted by Gasteiger charge is -2.12. The van der Waals surface area contributed by atoms with E-state index in [9.17, 15) is 0 Å². The number of para-hydroxylation sites is 1. The van der Waals surface area contributed by atoms with E-state index in [0.29, 0.717) is 13.2 Å². The number of aryl methyl sites for hydroxylation is 1. The largest absolute Gasteiger partial charge is 0.493 e. The van der Waals surface area contributed by atoms with E-state index < -0.39 is 0 Å². The fourth-order valence-corrected chi connectivity index (χ4v) is 1.96. The minimum absolute atomic E-state index is 0.659. The van der Waals surface area contributed by atoms with E-state index in [0.717, 1.165) is 17.7 Å². The van der Waals surface area contributed by atoms with Gasteiger partial charge in [-0.05, 0) is 37.1 Å². The fourth-order valence-electron chi connectivity index (χ4n) is 1.96.